The van der Waals surface area contributed by atoms with Crippen LogP contribution in [0.4, 0.5) is 22.7 Å². The van der Waals surface area contributed by atoms with E-state index in [0.29, 0.717) is 0 Å². The van der Waals surface area contributed by atoms with Crippen LogP contribution in [0.2, 0.25) is 0 Å². The molecule has 2 N–H and O–H groups in total. The van der Waals surface area contributed by atoms with Gasteiger partial charge in [0.2, 0.25) is 11.8 Å². The number of aromatic hydroxyl groups is 2. The summed E-state index contributed by atoms with van der Waals surface area (Å²) in [5.41, 5.74) is -3.61. The molecule has 4 unspecified atom stereocenters. The average molecular weight is 1170 g/mol. The van der Waals surface area contributed by atoms with Crippen LogP contribution in [0.25, 0.3) is 0 Å². The van der Waals surface area contributed by atoms with Crippen molar-refractivity contribution in [3.05, 3.63) is 102 Å². The molecular formula is C65H88N8O12. The molecular weight excluding hydrogens is 1080 g/mol. The van der Waals surface area contributed by atoms with Crippen molar-refractivity contribution in [3.8, 4) is 23.9 Å². The molecule has 20 heteroatoms. The first kappa shape index (κ1) is 69.5. The molecule has 20 nitrogen and oxygen atoms in total. The number of rotatable bonds is 36. The van der Waals surface area contributed by atoms with Crippen LogP contribution in [-0.2, 0) is 32.0 Å². The van der Waals surface area contributed by atoms with E-state index in [2.05, 4.69) is 48.2 Å². The third-order valence-corrected chi connectivity index (χ3v) is 15.7. The highest BCUT2D eigenvalue weighted by atomic mass is 16.5. The third-order valence-electron chi connectivity index (χ3n) is 15.7. The normalized spacial score (nSPS) is 12.8. The van der Waals surface area contributed by atoms with Gasteiger partial charge in [-0.25, -0.2) is 19.2 Å². The van der Waals surface area contributed by atoms with Crippen molar-refractivity contribution in [1.29, 1.82) is 10.5 Å². The molecule has 0 saturated heterocycles. The van der Waals surface area contributed by atoms with Gasteiger partial charge >= 0.3 is 23.9 Å². The number of benzene rings is 2. The topological polar surface area (TPSA) is 287 Å². The maximum atomic E-state index is 14.4. The molecule has 4 atom stereocenters. The van der Waals surface area contributed by atoms with Crippen molar-refractivity contribution in [1.82, 2.24) is 9.13 Å². The Morgan fingerprint density at radius 2 is 0.788 bits per heavy atom. The van der Waals surface area contributed by atoms with Crippen LogP contribution in [-0.4, -0.2) is 69.7 Å². The number of nitrogens with zero attached hydrogens (tertiary/aromatic N) is 8. The van der Waals surface area contributed by atoms with Crippen LogP contribution in [0.3, 0.4) is 0 Å². The van der Waals surface area contributed by atoms with E-state index in [1.807, 2.05) is 39.8 Å². The van der Waals surface area contributed by atoms with E-state index in [9.17, 15) is 49.5 Å². The first-order valence-corrected chi connectivity index (χ1v) is 30.4. The van der Waals surface area contributed by atoms with Gasteiger partial charge in [0, 0.05) is 24.2 Å². The molecule has 0 fully saturated rings. The zero-order chi connectivity index (χ0) is 62.6. The number of nitriles is 2. The molecule has 4 aromatic rings. The van der Waals surface area contributed by atoms with Crippen molar-refractivity contribution < 1.29 is 48.3 Å². The van der Waals surface area contributed by atoms with Crippen LogP contribution < -0.4 is 11.1 Å². The van der Waals surface area contributed by atoms with Crippen LogP contribution in [0.1, 0.15) is 228 Å². The third kappa shape index (κ3) is 19.5. The number of hydrogen-bond donors (Lipinski definition) is 2. The molecule has 0 aliphatic carbocycles. The molecule has 0 aliphatic rings. The highest BCUT2D eigenvalue weighted by molar-refractivity contribution is 5.99. The summed E-state index contributed by atoms with van der Waals surface area (Å²) in [4.78, 5) is 83.1. The van der Waals surface area contributed by atoms with Crippen LogP contribution in [0, 0.1) is 60.2 Å². The lowest BCUT2D eigenvalue weighted by Crippen LogP contribution is -2.25. The lowest BCUT2D eigenvalue weighted by atomic mass is 10.0. The Kier molecular flexibility index (Phi) is 29.4. The first-order valence-electron chi connectivity index (χ1n) is 30.4. The summed E-state index contributed by atoms with van der Waals surface area (Å²) < 4.78 is 24.6. The molecule has 0 bridgehead atoms. The Morgan fingerprint density at radius 3 is 1.07 bits per heavy atom. The minimum atomic E-state index is -0.919. The molecule has 0 amide bonds. The fourth-order valence-corrected chi connectivity index (χ4v) is 9.64. The number of carbonyl (C=O) groups is 4. The maximum absolute atomic E-state index is 14.4. The smallest absolute Gasteiger partial charge is 0.340 e. The van der Waals surface area contributed by atoms with Crippen LogP contribution >= 0.6 is 0 Å². The van der Waals surface area contributed by atoms with Crippen molar-refractivity contribution in [2.75, 3.05) is 26.4 Å². The maximum Gasteiger partial charge on any atom is 0.340 e. The van der Waals surface area contributed by atoms with Gasteiger partial charge in [0.15, 0.2) is 11.4 Å². The molecule has 0 radical (unpaired) electrons. The molecule has 4 rings (SSSR count). The number of aromatic nitrogens is 2. The number of ether oxygens (including phenoxy) is 4. The molecule has 2 heterocycles. The second-order valence-electron chi connectivity index (χ2n) is 21.8. The van der Waals surface area contributed by atoms with Gasteiger partial charge in [-0.1, -0.05) is 132 Å². The van der Waals surface area contributed by atoms with Crippen molar-refractivity contribution in [2.45, 2.75) is 191 Å². The van der Waals surface area contributed by atoms with E-state index in [-0.39, 0.29) is 125 Å². The molecule has 85 heavy (non-hydrogen) atoms. The van der Waals surface area contributed by atoms with Crippen molar-refractivity contribution in [2.24, 2.45) is 44.1 Å². The monoisotopic (exact) mass is 1170 g/mol. The lowest BCUT2D eigenvalue weighted by Gasteiger charge is -2.16. The van der Waals surface area contributed by atoms with E-state index in [1.54, 1.807) is 0 Å². The Balaban J connectivity index is 1.75. The summed E-state index contributed by atoms with van der Waals surface area (Å²) in [5, 5.41) is 60.4. The molecule has 0 aliphatic heterocycles. The Hall–Kier alpha value is -8.00. The largest absolute Gasteiger partial charge is 0.493 e. The van der Waals surface area contributed by atoms with E-state index in [0.717, 1.165) is 112 Å². The van der Waals surface area contributed by atoms with E-state index in [1.165, 1.54) is 50.2 Å². The number of carbonyl (C=O) groups excluding carboxylic acids is 4. The van der Waals surface area contributed by atoms with E-state index in [4.69, 9.17) is 18.9 Å². The minimum absolute atomic E-state index is 0.0475. The van der Waals surface area contributed by atoms with Gasteiger partial charge in [-0.3, -0.25) is 18.7 Å². The van der Waals surface area contributed by atoms with Gasteiger partial charge in [-0.2, -0.15) is 10.5 Å². The van der Waals surface area contributed by atoms with Gasteiger partial charge in [0.1, 0.15) is 34.6 Å². The summed E-state index contributed by atoms with van der Waals surface area (Å²) in [6.07, 6.45) is 14.3. The number of pyridine rings is 2. The SMILES string of the molecule is CCCCC(CC)COC(=O)c1ccc(C(=O)OCC(CC)CCCC)c(N=Nc2c(C)c(C#N)c(O)n(CCCn3c(O)c(C#N)c(C)c(N=Nc4cc(C(=O)OCC(CC)CCCC)ccc4C(=O)OCC(CC)CCCC)c3=O)c2=O)c1. The summed E-state index contributed by atoms with van der Waals surface area (Å²) >= 11 is 0. The van der Waals surface area contributed by atoms with Gasteiger partial charge in [-0.05, 0) is 106 Å². The molecule has 460 valence electrons. The molecule has 2 aromatic carbocycles. The Morgan fingerprint density at radius 1 is 0.482 bits per heavy atom. The summed E-state index contributed by atoms with van der Waals surface area (Å²) in [7, 11) is 0. The lowest BCUT2D eigenvalue weighted by molar-refractivity contribution is 0.0415. The average Bonchev–Trinajstić information content (AvgIpc) is 2.39. The minimum Gasteiger partial charge on any atom is -0.493 e. The number of unbranched alkanes of at least 4 members (excludes halogenated alkanes) is 4. The predicted octanol–water partition coefficient (Wildman–Crippen LogP) is 15.2. The van der Waals surface area contributed by atoms with Gasteiger partial charge in [-0.15, -0.1) is 20.5 Å². The van der Waals surface area contributed by atoms with Gasteiger partial charge < -0.3 is 29.2 Å². The van der Waals surface area contributed by atoms with Crippen LogP contribution in [0.15, 0.2) is 66.4 Å². The van der Waals surface area contributed by atoms with Gasteiger partial charge in [0.25, 0.3) is 11.1 Å². The standard InChI is InChI=1S/C65H88N8O12/c1-11-19-24-44(15-5)38-82-62(78)48-28-30-50(64(80)84-40-46(17-7)26-21-13-3)54(34-48)68-70-56-42(9)52(36-66)58(74)72(60(56)76)32-23-33-73-59(75)53(37-67)43(10)57(61(73)77)71-69-55-35-49(63(79)83-39-45(16-6)25-20-12-2)29-31-51(55)65(81)85-41-47(18-8)27-22-14-4/h28-31,34-35,44-47,74-75H,11-27,32-33,38-41H2,1-10H3. The summed E-state index contributed by atoms with van der Waals surface area (Å²) in [6.45, 7) is 19.1. The second-order valence-corrected chi connectivity index (χ2v) is 21.8. The van der Waals surface area contributed by atoms with Gasteiger partial charge in [0.05, 0.1) is 48.7 Å². The Labute approximate surface area is 500 Å². The zero-order valence-corrected chi connectivity index (χ0v) is 51.6. The number of esters is 4. The summed E-state index contributed by atoms with van der Waals surface area (Å²) in [6, 6.07) is 12.0. The number of azo groups is 2. The zero-order valence-electron chi connectivity index (χ0n) is 51.6. The van der Waals surface area contributed by atoms with Crippen molar-refractivity contribution >= 4 is 46.6 Å². The van der Waals surface area contributed by atoms with Crippen molar-refractivity contribution in [3.63, 3.8) is 0 Å². The molecule has 0 spiro atoms. The summed E-state index contributed by atoms with van der Waals surface area (Å²) in [5.74, 6) is -3.72. The highest BCUT2D eigenvalue weighted by Crippen LogP contribution is 2.33. The highest BCUT2D eigenvalue weighted by Gasteiger charge is 2.26. The predicted molar refractivity (Wildman–Crippen MR) is 324 cm³/mol. The number of hydrogen-bond acceptors (Lipinski definition) is 18. The van der Waals surface area contributed by atoms with Crippen LogP contribution in [0.5, 0.6) is 11.8 Å². The molecule has 2 aromatic heterocycles. The van der Waals surface area contributed by atoms with E-state index >= 15 is 0 Å². The molecule has 0 saturated carbocycles. The Bertz CT molecular complexity index is 2980. The van der Waals surface area contributed by atoms with E-state index < -0.39 is 58.1 Å². The fraction of sp³-hybridized carbons (Fsp3) is 0.569. The fourth-order valence-electron chi connectivity index (χ4n) is 9.64. The quantitative estimate of drug-likeness (QED) is 0.0243. The second kappa shape index (κ2) is 36.0. The first-order chi connectivity index (χ1) is 40.9.